The van der Waals surface area contributed by atoms with Crippen molar-refractivity contribution in [2.45, 2.75) is 26.3 Å². The van der Waals surface area contributed by atoms with Crippen LogP contribution in [0.15, 0.2) is 18.2 Å². The molecule has 7 heteroatoms. The molecule has 21 heavy (non-hydrogen) atoms. The molecule has 0 aromatic heterocycles. The second-order valence-electron chi connectivity index (χ2n) is 4.86. The van der Waals surface area contributed by atoms with Gasteiger partial charge in [0.05, 0.1) is 7.11 Å². The number of hydrogen-bond acceptors (Lipinski definition) is 4. The molecule has 0 radical (unpaired) electrons. The van der Waals surface area contributed by atoms with Crippen LogP contribution in [0.1, 0.15) is 19.4 Å². The van der Waals surface area contributed by atoms with E-state index in [4.69, 9.17) is 12.2 Å². The quantitative estimate of drug-likeness (QED) is 0.777. The molecule has 1 aliphatic heterocycles. The molecule has 0 fully saturated rings. The molecule has 0 saturated carbocycles. The first-order valence-corrected chi connectivity index (χ1v) is 6.92. The van der Waals surface area contributed by atoms with Gasteiger partial charge in [0, 0.05) is 24.3 Å². The summed E-state index contributed by atoms with van der Waals surface area (Å²) in [6, 6.07) is 5.77. The maximum atomic E-state index is 11.7. The Morgan fingerprint density at radius 3 is 2.76 bits per heavy atom. The van der Waals surface area contributed by atoms with Crippen LogP contribution >= 0.6 is 12.2 Å². The summed E-state index contributed by atoms with van der Waals surface area (Å²) in [5.74, 6) is 0.0323. The molecule has 1 aliphatic rings. The topological polar surface area (TPSA) is 70.7 Å². The number of fused-ring (bicyclic) bond motifs is 1. The van der Waals surface area contributed by atoms with Gasteiger partial charge in [-0.05, 0) is 49.3 Å². The van der Waals surface area contributed by atoms with Gasteiger partial charge in [0.15, 0.2) is 5.11 Å². The van der Waals surface area contributed by atoms with Gasteiger partial charge in [0.2, 0.25) is 5.91 Å². The van der Waals surface area contributed by atoms with Crippen molar-refractivity contribution in [3.63, 3.8) is 0 Å². The number of carbonyl (C=O) groups is 2. The van der Waals surface area contributed by atoms with Gasteiger partial charge in [0.25, 0.3) is 0 Å². The third-order valence-corrected chi connectivity index (χ3v) is 3.50. The highest BCUT2D eigenvalue weighted by Gasteiger charge is 2.28. The fraction of sp³-hybridized carbons (Fsp3) is 0.357. The van der Waals surface area contributed by atoms with Crippen LogP contribution in [0.2, 0.25) is 0 Å². The van der Waals surface area contributed by atoms with E-state index in [0.717, 1.165) is 23.4 Å². The van der Waals surface area contributed by atoms with Gasteiger partial charge in [-0.1, -0.05) is 0 Å². The Labute approximate surface area is 128 Å². The summed E-state index contributed by atoms with van der Waals surface area (Å²) in [6.07, 6.45) is 0.173. The Morgan fingerprint density at radius 1 is 1.43 bits per heavy atom. The highest BCUT2D eigenvalue weighted by molar-refractivity contribution is 7.80. The number of benzene rings is 1. The van der Waals surface area contributed by atoms with Gasteiger partial charge in [0.1, 0.15) is 0 Å². The fourth-order valence-corrected chi connectivity index (χ4v) is 2.70. The normalized spacial score (nSPS) is 16.1. The average molecular weight is 307 g/mol. The van der Waals surface area contributed by atoms with Gasteiger partial charge >= 0.3 is 6.09 Å². The van der Waals surface area contributed by atoms with E-state index < -0.39 is 6.09 Å². The molecular weight excluding hydrogens is 290 g/mol. The second kappa shape index (κ2) is 6.09. The van der Waals surface area contributed by atoms with Gasteiger partial charge in [-0.25, -0.2) is 4.79 Å². The lowest BCUT2D eigenvalue weighted by molar-refractivity contribution is -0.116. The zero-order valence-corrected chi connectivity index (χ0v) is 12.9. The monoisotopic (exact) mass is 307 g/mol. The molecule has 1 aromatic rings. The number of alkyl carbamates (subject to hydrolysis) is 1. The smallest absolute Gasteiger partial charge is 0.413 e. The lowest BCUT2D eigenvalue weighted by Crippen LogP contribution is -2.34. The van der Waals surface area contributed by atoms with Crippen molar-refractivity contribution in [2.75, 3.05) is 17.3 Å². The van der Waals surface area contributed by atoms with Crippen molar-refractivity contribution in [2.24, 2.45) is 0 Å². The Kier molecular flexibility index (Phi) is 4.42. The highest BCUT2D eigenvalue weighted by atomic mass is 32.1. The van der Waals surface area contributed by atoms with Crippen LogP contribution in [-0.2, 0) is 16.0 Å². The van der Waals surface area contributed by atoms with Crippen molar-refractivity contribution in [3.8, 4) is 0 Å². The molecule has 2 amide bonds. The van der Waals surface area contributed by atoms with Crippen molar-refractivity contribution in [1.82, 2.24) is 5.32 Å². The third-order valence-electron chi connectivity index (χ3n) is 3.29. The number of carbonyl (C=O) groups excluding carboxylic acids is 2. The number of nitrogens with one attached hydrogen (secondary N) is 2. The molecule has 6 nitrogen and oxygen atoms in total. The van der Waals surface area contributed by atoms with E-state index in [1.54, 1.807) is 11.8 Å². The number of methoxy groups -OCH3 is 1. The third kappa shape index (κ3) is 3.30. The maximum absolute atomic E-state index is 11.7. The van der Waals surface area contributed by atoms with Crippen molar-refractivity contribution >= 4 is 40.7 Å². The number of nitrogens with zero attached hydrogens (tertiary/aromatic N) is 1. The molecule has 112 valence electrons. The summed E-state index contributed by atoms with van der Waals surface area (Å²) < 4.78 is 4.47. The van der Waals surface area contributed by atoms with Crippen LogP contribution < -0.4 is 15.5 Å². The largest absolute Gasteiger partial charge is 0.453 e. The summed E-state index contributed by atoms with van der Waals surface area (Å²) >= 11 is 5.01. The number of rotatable bonds is 1. The molecule has 0 unspecified atom stereocenters. The summed E-state index contributed by atoms with van der Waals surface area (Å²) in [7, 11) is 1.27. The number of amides is 2. The summed E-state index contributed by atoms with van der Waals surface area (Å²) in [6.45, 7) is 3.57. The first-order chi connectivity index (χ1) is 9.92. The molecular formula is C14H17N3O3S. The predicted molar refractivity (Wildman–Crippen MR) is 84.5 cm³/mol. The van der Waals surface area contributed by atoms with Gasteiger partial charge in [-0.3, -0.25) is 10.1 Å². The van der Waals surface area contributed by atoms with Gasteiger partial charge in [-0.15, -0.1) is 0 Å². The number of thiocarbonyl (C=S) groups is 1. The van der Waals surface area contributed by atoms with E-state index in [9.17, 15) is 9.59 Å². The fourth-order valence-electron chi connectivity index (χ4n) is 2.49. The van der Waals surface area contributed by atoms with Crippen LogP contribution in [-0.4, -0.2) is 30.3 Å². The van der Waals surface area contributed by atoms with E-state index in [-0.39, 0.29) is 17.1 Å². The maximum Gasteiger partial charge on any atom is 0.413 e. The number of hydrogen-bond donors (Lipinski definition) is 2. The van der Waals surface area contributed by atoms with Crippen LogP contribution in [0.25, 0.3) is 0 Å². The Balaban J connectivity index is 2.13. The van der Waals surface area contributed by atoms with E-state index in [0.29, 0.717) is 0 Å². The molecule has 1 aromatic carbocycles. The summed E-state index contributed by atoms with van der Waals surface area (Å²) in [5.41, 5.74) is 2.75. The van der Waals surface area contributed by atoms with Gasteiger partial charge < -0.3 is 15.0 Å². The van der Waals surface area contributed by atoms with Crippen molar-refractivity contribution in [3.05, 3.63) is 23.8 Å². The minimum atomic E-state index is -0.620. The molecule has 2 N–H and O–H groups in total. The van der Waals surface area contributed by atoms with Crippen LogP contribution in [0.3, 0.4) is 0 Å². The van der Waals surface area contributed by atoms with Crippen LogP contribution in [0, 0.1) is 0 Å². The minimum absolute atomic E-state index is 0.0323. The minimum Gasteiger partial charge on any atom is -0.453 e. The first-order valence-electron chi connectivity index (χ1n) is 6.51. The summed E-state index contributed by atoms with van der Waals surface area (Å²) in [4.78, 5) is 24.5. The Hall–Kier alpha value is -2.15. The SMILES string of the molecule is COC(=O)NC(=S)Nc1ccc2c(c1)C[C@H](C)N2C(C)=O. The van der Waals surface area contributed by atoms with E-state index >= 15 is 0 Å². The van der Waals surface area contributed by atoms with Crippen LogP contribution in [0.5, 0.6) is 0 Å². The zero-order valence-electron chi connectivity index (χ0n) is 12.1. The Morgan fingerprint density at radius 2 is 2.14 bits per heavy atom. The summed E-state index contributed by atoms with van der Waals surface area (Å²) in [5, 5.41) is 5.45. The van der Waals surface area contributed by atoms with Gasteiger partial charge in [-0.2, -0.15) is 0 Å². The number of anilines is 2. The molecule has 1 heterocycles. The molecule has 2 rings (SSSR count). The van der Waals surface area contributed by atoms with E-state index in [2.05, 4.69) is 15.4 Å². The molecule has 0 aliphatic carbocycles. The standard InChI is InChI=1S/C14H17N3O3S/c1-8-6-10-7-11(15-13(21)16-14(19)20-3)4-5-12(10)17(8)9(2)18/h4-5,7-8H,6H2,1-3H3,(H2,15,16,19,21)/t8-/m0/s1. The lowest BCUT2D eigenvalue weighted by Gasteiger charge is -2.20. The number of ether oxygens (including phenoxy) is 1. The molecule has 0 saturated heterocycles. The lowest BCUT2D eigenvalue weighted by atomic mass is 10.1. The zero-order chi connectivity index (χ0) is 15.6. The van der Waals surface area contributed by atoms with E-state index in [1.165, 1.54) is 7.11 Å². The van der Waals surface area contributed by atoms with Crippen LogP contribution in [0.4, 0.5) is 16.2 Å². The Bertz CT molecular complexity index is 603. The van der Waals surface area contributed by atoms with E-state index in [1.807, 2.05) is 25.1 Å². The second-order valence-corrected chi connectivity index (χ2v) is 5.26. The molecule has 1 atom stereocenters. The first kappa shape index (κ1) is 15.2. The molecule has 0 bridgehead atoms. The van der Waals surface area contributed by atoms with Crippen molar-refractivity contribution < 1.29 is 14.3 Å². The highest BCUT2D eigenvalue weighted by Crippen LogP contribution is 2.34. The van der Waals surface area contributed by atoms with Crippen molar-refractivity contribution in [1.29, 1.82) is 0 Å². The average Bonchev–Trinajstić information content (AvgIpc) is 2.73. The molecule has 0 spiro atoms. The predicted octanol–water partition coefficient (Wildman–Crippen LogP) is 2.04.